The molecule has 3 heterocycles. The van der Waals surface area contributed by atoms with Crippen molar-refractivity contribution in [3.8, 4) is 11.3 Å². The van der Waals surface area contributed by atoms with E-state index in [4.69, 9.17) is 15.6 Å². The van der Waals surface area contributed by atoms with E-state index in [1.54, 1.807) is 4.52 Å². The van der Waals surface area contributed by atoms with Gasteiger partial charge in [-0.1, -0.05) is 30.3 Å². The summed E-state index contributed by atoms with van der Waals surface area (Å²) in [6.45, 7) is 0.795. The summed E-state index contributed by atoms with van der Waals surface area (Å²) >= 11 is 0. The summed E-state index contributed by atoms with van der Waals surface area (Å²) in [5.41, 5.74) is 6.28. The topological polar surface area (TPSA) is 77.5 Å². The molecule has 1 atom stereocenters. The number of anilines is 1. The Morgan fingerprint density at radius 2 is 2.09 bits per heavy atom. The van der Waals surface area contributed by atoms with Crippen LogP contribution in [0.1, 0.15) is 24.6 Å². The second kappa shape index (κ2) is 5.40. The standard InChI is InChI=1S/C16H17N5O/c17-19-16-9-12(11-5-2-1-3-6-11)18-15-10-13(20-21(15)16)14-7-4-8-22-14/h1-3,5-6,9-10,14,19H,4,7-8,17H2. The number of aromatic nitrogens is 3. The Hall–Kier alpha value is -2.44. The van der Waals surface area contributed by atoms with Crippen molar-refractivity contribution in [1.82, 2.24) is 14.6 Å². The maximum atomic E-state index is 5.70. The number of hydrogen-bond acceptors (Lipinski definition) is 5. The van der Waals surface area contributed by atoms with Crippen LogP contribution < -0.4 is 11.3 Å². The molecule has 2 aromatic heterocycles. The summed E-state index contributed by atoms with van der Waals surface area (Å²) in [6.07, 6.45) is 2.14. The zero-order chi connectivity index (χ0) is 14.9. The lowest BCUT2D eigenvalue weighted by atomic mass is 10.1. The van der Waals surface area contributed by atoms with E-state index >= 15 is 0 Å². The van der Waals surface area contributed by atoms with Crippen molar-refractivity contribution in [3.63, 3.8) is 0 Å². The molecule has 1 aliphatic heterocycles. The lowest BCUT2D eigenvalue weighted by Crippen LogP contribution is -2.12. The summed E-state index contributed by atoms with van der Waals surface area (Å²) < 4.78 is 7.43. The first-order valence-corrected chi connectivity index (χ1v) is 7.39. The zero-order valence-electron chi connectivity index (χ0n) is 12.1. The molecular weight excluding hydrogens is 278 g/mol. The van der Waals surface area contributed by atoms with Crippen LogP contribution in [0.2, 0.25) is 0 Å². The average molecular weight is 295 g/mol. The van der Waals surface area contributed by atoms with Gasteiger partial charge in [-0.3, -0.25) is 0 Å². The third-order valence-corrected chi connectivity index (χ3v) is 3.92. The van der Waals surface area contributed by atoms with Gasteiger partial charge in [0.05, 0.1) is 11.4 Å². The summed E-state index contributed by atoms with van der Waals surface area (Å²) in [5.74, 6) is 6.36. The molecule has 0 saturated carbocycles. The Bertz CT molecular complexity index is 793. The van der Waals surface area contributed by atoms with Crippen LogP contribution in [0.5, 0.6) is 0 Å². The number of nitrogens with zero attached hydrogens (tertiary/aromatic N) is 3. The van der Waals surface area contributed by atoms with Gasteiger partial charge in [0.25, 0.3) is 0 Å². The monoisotopic (exact) mass is 295 g/mol. The third kappa shape index (κ3) is 2.22. The van der Waals surface area contributed by atoms with Gasteiger partial charge < -0.3 is 10.2 Å². The highest BCUT2D eigenvalue weighted by molar-refractivity contribution is 5.66. The van der Waals surface area contributed by atoms with Crippen LogP contribution in [-0.4, -0.2) is 21.2 Å². The summed E-state index contributed by atoms with van der Waals surface area (Å²) in [6, 6.07) is 13.9. The van der Waals surface area contributed by atoms with E-state index in [0.29, 0.717) is 5.82 Å². The molecule has 112 valence electrons. The minimum atomic E-state index is 0.0625. The molecule has 3 aromatic rings. The van der Waals surface area contributed by atoms with Crippen molar-refractivity contribution in [3.05, 3.63) is 48.2 Å². The van der Waals surface area contributed by atoms with Gasteiger partial charge in [-0.15, -0.1) is 0 Å². The van der Waals surface area contributed by atoms with Crippen LogP contribution in [0.15, 0.2) is 42.5 Å². The van der Waals surface area contributed by atoms with Crippen molar-refractivity contribution in [2.75, 3.05) is 12.0 Å². The average Bonchev–Trinajstić information content (AvgIpc) is 3.23. The molecule has 1 saturated heterocycles. The number of nitrogens with two attached hydrogens (primary N) is 1. The lowest BCUT2D eigenvalue weighted by molar-refractivity contribution is 0.108. The van der Waals surface area contributed by atoms with Crippen LogP contribution >= 0.6 is 0 Å². The predicted octanol–water partition coefficient (Wildman–Crippen LogP) is 2.53. The molecule has 6 heteroatoms. The Labute approximate surface area is 127 Å². The van der Waals surface area contributed by atoms with Gasteiger partial charge in [0.2, 0.25) is 0 Å². The molecule has 0 bridgehead atoms. The zero-order valence-corrected chi connectivity index (χ0v) is 12.1. The van der Waals surface area contributed by atoms with Gasteiger partial charge in [0.1, 0.15) is 11.9 Å². The van der Waals surface area contributed by atoms with Gasteiger partial charge in [-0.25, -0.2) is 10.8 Å². The first-order chi connectivity index (χ1) is 10.8. The van der Waals surface area contributed by atoms with E-state index in [2.05, 4.69) is 10.5 Å². The van der Waals surface area contributed by atoms with E-state index in [1.807, 2.05) is 42.5 Å². The van der Waals surface area contributed by atoms with Crippen LogP contribution in [0.25, 0.3) is 16.9 Å². The molecule has 1 aliphatic rings. The molecule has 0 aliphatic carbocycles. The normalized spacial score (nSPS) is 18.0. The smallest absolute Gasteiger partial charge is 0.158 e. The molecule has 1 unspecified atom stereocenters. The third-order valence-electron chi connectivity index (χ3n) is 3.92. The Kier molecular flexibility index (Phi) is 3.25. The molecule has 0 spiro atoms. The number of nitrogens with one attached hydrogen (secondary N) is 1. The van der Waals surface area contributed by atoms with Gasteiger partial charge >= 0.3 is 0 Å². The maximum Gasteiger partial charge on any atom is 0.158 e. The molecule has 1 aromatic carbocycles. The van der Waals surface area contributed by atoms with E-state index < -0.39 is 0 Å². The van der Waals surface area contributed by atoms with Gasteiger partial charge in [-0.2, -0.15) is 9.61 Å². The van der Waals surface area contributed by atoms with Crippen LogP contribution in [0, 0.1) is 0 Å². The fourth-order valence-electron chi connectivity index (χ4n) is 2.82. The predicted molar refractivity (Wildman–Crippen MR) is 84.2 cm³/mol. The minimum absolute atomic E-state index is 0.0625. The molecule has 1 fully saturated rings. The van der Waals surface area contributed by atoms with Gasteiger partial charge in [0.15, 0.2) is 5.65 Å². The molecule has 6 nitrogen and oxygen atoms in total. The van der Waals surface area contributed by atoms with E-state index in [1.165, 1.54) is 0 Å². The number of hydrazine groups is 1. The quantitative estimate of drug-likeness (QED) is 0.573. The first-order valence-electron chi connectivity index (χ1n) is 7.39. The van der Waals surface area contributed by atoms with Gasteiger partial charge in [0, 0.05) is 24.3 Å². The molecular formula is C16H17N5O. The van der Waals surface area contributed by atoms with Crippen LogP contribution in [-0.2, 0) is 4.74 Å². The fraction of sp³-hybridized carbons (Fsp3) is 0.250. The van der Waals surface area contributed by atoms with Crippen LogP contribution in [0.3, 0.4) is 0 Å². The number of ether oxygens (including phenoxy) is 1. The second-order valence-electron chi connectivity index (χ2n) is 5.38. The summed E-state index contributed by atoms with van der Waals surface area (Å²) in [5, 5.41) is 4.59. The van der Waals surface area contributed by atoms with Crippen LogP contribution in [0.4, 0.5) is 5.82 Å². The molecule has 3 N–H and O–H groups in total. The molecule has 0 radical (unpaired) electrons. The number of rotatable bonds is 3. The molecule has 0 amide bonds. The highest BCUT2D eigenvalue weighted by atomic mass is 16.5. The number of nitrogen functional groups attached to an aromatic ring is 1. The van der Waals surface area contributed by atoms with E-state index in [0.717, 1.165) is 42.0 Å². The van der Waals surface area contributed by atoms with E-state index in [-0.39, 0.29) is 6.10 Å². The minimum Gasteiger partial charge on any atom is -0.372 e. The van der Waals surface area contributed by atoms with Gasteiger partial charge in [-0.05, 0) is 12.8 Å². The van der Waals surface area contributed by atoms with Crippen molar-refractivity contribution < 1.29 is 4.74 Å². The van der Waals surface area contributed by atoms with Crippen molar-refractivity contribution >= 4 is 11.5 Å². The SMILES string of the molecule is NNc1cc(-c2ccccc2)nc2cc(C3CCCO3)nn12. The Morgan fingerprint density at radius 3 is 2.82 bits per heavy atom. The number of fused-ring (bicyclic) bond motifs is 1. The number of hydrogen-bond donors (Lipinski definition) is 2. The fourth-order valence-corrected chi connectivity index (χ4v) is 2.82. The maximum absolute atomic E-state index is 5.70. The van der Waals surface area contributed by atoms with Crippen molar-refractivity contribution in [2.45, 2.75) is 18.9 Å². The summed E-state index contributed by atoms with van der Waals surface area (Å²) in [7, 11) is 0. The summed E-state index contributed by atoms with van der Waals surface area (Å²) in [4.78, 5) is 4.70. The highest BCUT2D eigenvalue weighted by Crippen LogP contribution is 2.29. The highest BCUT2D eigenvalue weighted by Gasteiger charge is 2.22. The number of benzene rings is 1. The van der Waals surface area contributed by atoms with Crippen molar-refractivity contribution in [2.24, 2.45) is 5.84 Å². The molecule has 4 rings (SSSR count). The van der Waals surface area contributed by atoms with Crippen molar-refractivity contribution in [1.29, 1.82) is 0 Å². The molecule has 22 heavy (non-hydrogen) atoms. The Balaban J connectivity index is 1.84. The lowest BCUT2D eigenvalue weighted by Gasteiger charge is -2.07. The Morgan fingerprint density at radius 1 is 1.23 bits per heavy atom. The largest absolute Gasteiger partial charge is 0.372 e. The van der Waals surface area contributed by atoms with E-state index in [9.17, 15) is 0 Å². The first kappa shape index (κ1) is 13.2. The second-order valence-corrected chi connectivity index (χ2v) is 5.38.